The van der Waals surface area contributed by atoms with Gasteiger partial charge in [-0.05, 0) is 5.41 Å². The third kappa shape index (κ3) is 19.6. The van der Waals surface area contributed by atoms with Gasteiger partial charge in [0, 0.05) is 0 Å². The fourth-order valence-electron chi connectivity index (χ4n) is 0.505. The lowest BCUT2D eigenvalue weighted by atomic mass is 9.99. The maximum atomic E-state index is 11.0. The molecule has 0 bridgehead atoms. The molecular weight excluding hydrogens is 248 g/mol. The Labute approximate surface area is 108 Å². The van der Waals surface area contributed by atoms with Gasteiger partial charge in [0.1, 0.15) is 0 Å². The van der Waals surface area contributed by atoms with Crippen LogP contribution in [0.25, 0.3) is 0 Å². The Kier molecular flexibility index (Phi) is 11.8. The highest BCUT2D eigenvalue weighted by Crippen LogP contribution is 2.14. The zero-order valence-corrected chi connectivity index (χ0v) is 11.8. The molecule has 0 aliphatic rings. The van der Waals surface area contributed by atoms with Crippen molar-refractivity contribution in [3.05, 3.63) is 0 Å². The molecule has 0 heterocycles. The van der Waals surface area contributed by atoms with E-state index in [9.17, 15) is 4.79 Å². The summed E-state index contributed by atoms with van der Waals surface area (Å²) in [6.45, 7) is 6.23. The molecule has 4 nitrogen and oxygen atoms in total. The van der Waals surface area contributed by atoms with Crippen LogP contribution in [0, 0.1) is 5.41 Å². The Hall–Kier alpha value is 0.0900. The molecule has 0 amide bonds. The molecule has 0 spiro atoms. The SMILES string of the molecule is CC(C)(C)COC(=O)CC(S)S.OCCO. The van der Waals surface area contributed by atoms with Crippen LogP contribution in [0.1, 0.15) is 27.2 Å². The fraction of sp³-hybridized carbons (Fsp3) is 0.900. The summed E-state index contributed by atoms with van der Waals surface area (Å²) < 4.78 is 4.76. The summed E-state index contributed by atoms with van der Waals surface area (Å²) in [7, 11) is 0. The van der Waals surface area contributed by atoms with Crippen LogP contribution in [0.3, 0.4) is 0 Å². The van der Waals surface area contributed by atoms with Crippen LogP contribution in [0.5, 0.6) is 0 Å². The maximum Gasteiger partial charge on any atom is 0.307 e. The Balaban J connectivity index is 0. The molecule has 0 radical (unpaired) electrons. The first kappa shape index (κ1) is 18.5. The quantitative estimate of drug-likeness (QED) is 0.351. The Morgan fingerprint density at radius 1 is 1.25 bits per heavy atom. The van der Waals surface area contributed by atoms with Gasteiger partial charge in [-0.3, -0.25) is 4.79 Å². The fourth-order valence-corrected chi connectivity index (χ4v) is 0.803. The first-order valence-electron chi connectivity index (χ1n) is 4.96. The van der Waals surface area contributed by atoms with Crippen LogP contribution in [0.4, 0.5) is 0 Å². The molecule has 2 N–H and O–H groups in total. The van der Waals surface area contributed by atoms with Crippen molar-refractivity contribution >= 4 is 31.2 Å². The van der Waals surface area contributed by atoms with Gasteiger partial charge in [0.2, 0.25) is 0 Å². The maximum absolute atomic E-state index is 11.0. The molecular formula is C10H22O4S2. The lowest BCUT2D eigenvalue weighted by Crippen LogP contribution is -2.19. The van der Waals surface area contributed by atoms with Gasteiger partial charge >= 0.3 is 5.97 Å². The molecule has 0 aromatic rings. The second kappa shape index (κ2) is 10.3. The van der Waals surface area contributed by atoms with Gasteiger partial charge in [-0.1, -0.05) is 20.8 Å². The van der Waals surface area contributed by atoms with Crippen molar-refractivity contribution in [2.45, 2.75) is 31.8 Å². The van der Waals surface area contributed by atoms with Gasteiger partial charge in [0.25, 0.3) is 0 Å². The van der Waals surface area contributed by atoms with Crippen LogP contribution in [-0.2, 0) is 9.53 Å². The molecule has 0 aliphatic carbocycles. The van der Waals surface area contributed by atoms with Crippen LogP contribution in [-0.4, -0.2) is 40.6 Å². The van der Waals surface area contributed by atoms with E-state index in [1.54, 1.807) is 0 Å². The Morgan fingerprint density at radius 2 is 1.69 bits per heavy atom. The smallest absolute Gasteiger partial charge is 0.307 e. The summed E-state index contributed by atoms with van der Waals surface area (Å²) in [4.78, 5) is 11.0. The first-order valence-corrected chi connectivity index (χ1v) is 5.99. The van der Waals surface area contributed by atoms with Crippen molar-refractivity contribution in [1.82, 2.24) is 0 Å². The zero-order valence-electron chi connectivity index (χ0n) is 10.0. The van der Waals surface area contributed by atoms with Crippen LogP contribution in [0.2, 0.25) is 0 Å². The molecule has 0 saturated carbocycles. The van der Waals surface area contributed by atoms with Crippen LogP contribution >= 0.6 is 25.3 Å². The lowest BCUT2D eigenvalue weighted by molar-refractivity contribution is -0.145. The topological polar surface area (TPSA) is 66.8 Å². The largest absolute Gasteiger partial charge is 0.465 e. The highest BCUT2D eigenvalue weighted by Gasteiger charge is 2.14. The molecule has 16 heavy (non-hydrogen) atoms. The number of carbonyl (C=O) groups is 1. The summed E-state index contributed by atoms with van der Waals surface area (Å²) >= 11 is 7.93. The third-order valence-electron chi connectivity index (χ3n) is 1.12. The summed E-state index contributed by atoms with van der Waals surface area (Å²) in [5.41, 5.74) is 0.0261. The number of carbonyl (C=O) groups excluding carboxylic acids is 1. The molecule has 6 heteroatoms. The van der Waals surface area contributed by atoms with Gasteiger partial charge in [0.05, 0.1) is 30.8 Å². The zero-order chi connectivity index (χ0) is 13.2. The molecule has 0 rings (SSSR count). The van der Waals surface area contributed by atoms with Crippen molar-refractivity contribution in [1.29, 1.82) is 0 Å². The summed E-state index contributed by atoms with van der Waals surface area (Å²) in [5, 5.41) is 15.2. The lowest BCUT2D eigenvalue weighted by Gasteiger charge is -2.17. The van der Waals surface area contributed by atoms with Gasteiger partial charge < -0.3 is 14.9 Å². The van der Waals surface area contributed by atoms with Crippen molar-refractivity contribution in [2.75, 3.05) is 19.8 Å². The second-order valence-corrected chi connectivity index (χ2v) is 6.01. The number of hydrogen-bond donors (Lipinski definition) is 4. The minimum absolute atomic E-state index is 0.0261. The Morgan fingerprint density at radius 3 is 1.94 bits per heavy atom. The number of aliphatic hydroxyl groups is 2. The number of thiol groups is 2. The number of hydrogen-bond acceptors (Lipinski definition) is 6. The van der Waals surface area contributed by atoms with E-state index in [0.29, 0.717) is 6.61 Å². The predicted octanol–water partition coefficient (Wildman–Crippen LogP) is 1.12. The summed E-state index contributed by atoms with van der Waals surface area (Å²) in [6, 6.07) is 0. The van der Waals surface area contributed by atoms with Crippen LogP contribution in [0.15, 0.2) is 0 Å². The van der Waals surface area contributed by atoms with E-state index in [2.05, 4.69) is 25.3 Å². The minimum Gasteiger partial charge on any atom is -0.465 e. The average molecular weight is 270 g/mol. The normalized spacial score (nSPS) is 10.8. The summed E-state index contributed by atoms with van der Waals surface area (Å²) in [5.74, 6) is -0.236. The molecule has 0 unspecified atom stereocenters. The molecule has 0 atom stereocenters. The van der Waals surface area contributed by atoms with E-state index in [0.717, 1.165) is 0 Å². The Bertz CT molecular complexity index is 176. The summed E-state index contributed by atoms with van der Waals surface area (Å²) in [6.07, 6.45) is 0.252. The van der Waals surface area contributed by atoms with Gasteiger partial charge in [0.15, 0.2) is 0 Å². The van der Waals surface area contributed by atoms with Crippen molar-refractivity contribution in [3.63, 3.8) is 0 Å². The van der Waals surface area contributed by atoms with E-state index in [1.165, 1.54) is 0 Å². The van der Waals surface area contributed by atoms with E-state index >= 15 is 0 Å². The first-order chi connectivity index (χ1) is 7.22. The highest BCUT2D eigenvalue weighted by atomic mass is 32.2. The van der Waals surface area contributed by atoms with E-state index in [-0.39, 0.29) is 35.6 Å². The second-order valence-electron chi connectivity index (χ2n) is 4.35. The van der Waals surface area contributed by atoms with Crippen LogP contribution < -0.4 is 0 Å². The van der Waals surface area contributed by atoms with Crippen molar-refractivity contribution < 1.29 is 19.7 Å². The molecule has 0 aliphatic heterocycles. The molecule has 0 aromatic heterocycles. The predicted molar refractivity (Wildman–Crippen MR) is 71.0 cm³/mol. The molecule has 0 aromatic carbocycles. The van der Waals surface area contributed by atoms with Crippen molar-refractivity contribution in [2.24, 2.45) is 5.41 Å². The number of ether oxygens (including phenoxy) is 1. The van der Waals surface area contributed by atoms with Crippen molar-refractivity contribution in [3.8, 4) is 0 Å². The van der Waals surface area contributed by atoms with Gasteiger partial charge in [-0.2, -0.15) is 25.3 Å². The van der Waals surface area contributed by atoms with E-state index in [1.807, 2.05) is 20.8 Å². The number of aliphatic hydroxyl groups excluding tert-OH is 2. The third-order valence-corrected chi connectivity index (χ3v) is 1.48. The van der Waals surface area contributed by atoms with Gasteiger partial charge in [-0.25, -0.2) is 0 Å². The minimum atomic E-state index is -0.236. The van der Waals surface area contributed by atoms with Gasteiger partial charge in [-0.15, -0.1) is 0 Å². The van der Waals surface area contributed by atoms with E-state index in [4.69, 9.17) is 14.9 Å². The highest BCUT2D eigenvalue weighted by molar-refractivity contribution is 7.99. The average Bonchev–Trinajstić information content (AvgIpc) is 2.13. The standard InChI is InChI=1S/C8H16O2S2.C2H6O2/c1-8(2,3)5-10-6(9)4-7(11)12;3-1-2-4/h7,11-12H,4-5H2,1-3H3;3-4H,1-2H2. The molecule has 0 saturated heterocycles. The molecule has 0 fully saturated rings. The number of esters is 1. The monoisotopic (exact) mass is 270 g/mol. The molecule has 98 valence electrons. The number of rotatable bonds is 4. The van der Waals surface area contributed by atoms with E-state index < -0.39 is 0 Å².